The second-order valence-corrected chi connectivity index (χ2v) is 8.15. The van der Waals surface area contributed by atoms with Crippen molar-refractivity contribution in [3.05, 3.63) is 90.8 Å². The fourth-order valence-electron chi connectivity index (χ4n) is 3.97. The van der Waals surface area contributed by atoms with Crippen molar-refractivity contribution in [3.63, 3.8) is 0 Å². The third-order valence-electron chi connectivity index (χ3n) is 5.72. The highest BCUT2D eigenvalue weighted by molar-refractivity contribution is 5.85. The molecule has 180 valence electrons. The number of imidazole rings is 1. The van der Waals surface area contributed by atoms with Crippen LogP contribution in [0.15, 0.2) is 85.2 Å². The molecule has 3 aromatic carbocycles. The summed E-state index contributed by atoms with van der Waals surface area (Å²) in [4.78, 5) is 14.1. The van der Waals surface area contributed by atoms with Gasteiger partial charge in [-0.25, -0.2) is 4.98 Å². The number of ether oxygens (including phenoxy) is 3. The molecule has 36 heavy (non-hydrogen) atoms. The minimum atomic E-state index is 0.248. The Morgan fingerprint density at radius 3 is 2.53 bits per heavy atom. The average Bonchev–Trinajstić information content (AvgIpc) is 3.58. The van der Waals surface area contributed by atoms with Crippen LogP contribution in [0.25, 0.3) is 16.9 Å². The monoisotopic (exact) mass is 480 g/mol. The van der Waals surface area contributed by atoms with E-state index in [-0.39, 0.29) is 6.79 Å². The van der Waals surface area contributed by atoms with Crippen molar-refractivity contribution in [1.82, 2.24) is 19.5 Å². The third-order valence-corrected chi connectivity index (χ3v) is 5.72. The fourth-order valence-corrected chi connectivity index (χ4v) is 3.97. The van der Waals surface area contributed by atoms with E-state index >= 15 is 0 Å². The SMILES string of the molecule is c1ccc(OCCNc2nc(NCc3ccc4c(c3)OCO4)nc3c2ncn3-c2ccccc2)cc1. The minimum Gasteiger partial charge on any atom is -0.492 e. The third kappa shape index (κ3) is 4.58. The number of hydrogen-bond acceptors (Lipinski definition) is 8. The van der Waals surface area contributed by atoms with Crippen LogP contribution in [0.5, 0.6) is 17.2 Å². The van der Waals surface area contributed by atoms with Crippen LogP contribution in [-0.2, 0) is 6.54 Å². The Morgan fingerprint density at radius 2 is 1.67 bits per heavy atom. The highest BCUT2D eigenvalue weighted by atomic mass is 16.7. The number of benzene rings is 3. The van der Waals surface area contributed by atoms with Gasteiger partial charge in [-0.05, 0) is 42.0 Å². The van der Waals surface area contributed by atoms with E-state index in [2.05, 4.69) is 15.6 Å². The molecule has 0 saturated carbocycles. The lowest BCUT2D eigenvalue weighted by Crippen LogP contribution is -2.14. The molecule has 0 radical (unpaired) electrons. The van der Waals surface area contributed by atoms with Gasteiger partial charge in [0.25, 0.3) is 0 Å². The molecule has 2 aromatic heterocycles. The lowest BCUT2D eigenvalue weighted by atomic mass is 10.2. The van der Waals surface area contributed by atoms with Crippen LogP contribution in [-0.4, -0.2) is 39.5 Å². The average molecular weight is 481 g/mol. The molecule has 0 spiro atoms. The topological polar surface area (TPSA) is 95.3 Å². The number of nitrogens with zero attached hydrogens (tertiary/aromatic N) is 4. The van der Waals surface area contributed by atoms with Crippen LogP contribution in [0, 0.1) is 0 Å². The van der Waals surface area contributed by atoms with Crippen molar-refractivity contribution in [3.8, 4) is 22.9 Å². The Kier molecular flexibility index (Phi) is 5.93. The van der Waals surface area contributed by atoms with Crippen molar-refractivity contribution in [2.45, 2.75) is 6.54 Å². The van der Waals surface area contributed by atoms with E-state index in [1.807, 2.05) is 83.4 Å². The second kappa shape index (κ2) is 9.83. The Bertz CT molecular complexity index is 1470. The van der Waals surface area contributed by atoms with E-state index < -0.39 is 0 Å². The van der Waals surface area contributed by atoms with Crippen molar-refractivity contribution in [2.24, 2.45) is 0 Å². The smallest absolute Gasteiger partial charge is 0.231 e. The predicted molar refractivity (Wildman–Crippen MR) is 137 cm³/mol. The van der Waals surface area contributed by atoms with E-state index in [1.54, 1.807) is 6.33 Å². The molecule has 6 rings (SSSR count). The molecule has 3 heterocycles. The van der Waals surface area contributed by atoms with Gasteiger partial charge in [0.2, 0.25) is 12.7 Å². The van der Waals surface area contributed by atoms with Gasteiger partial charge in [0.05, 0.1) is 6.54 Å². The quantitative estimate of drug-likeness (QED) is 0.295. The molecular formula is C27H24N6O3. The van der Waals surface area contributed by atoms with E-state index in [9.17, 15) is 0 Å². The maximum absolute atomic E-state index is 5.82. The first kappa shape index (κ1) is 21.7. The summed E-state index contributed by atoms with van der Waals surface area (Å²) in [5.74, 6) is 3.46. The van der Waals surface area contributed by atoms with Crippen molar-refractivity contribution >= 4 is 22.9 Å². The standard InChI is InChI=1S/C27H24N6O3/c1-3-7-20(8-4-1)33-17-30-24-25(28-13-14-34-21-9-5-2-6-10-21)31-27(32-26(24)33)29-16-19-11-12-22-23(15-19)36-18-35-22/h1-12,15,17H,13-14,16,18H2,(H2,28,29,31,32). The number of aromatic nitrogens is 4. The number of hydrogen-bond donors (Lipinski definition) is 2. The highest BCUT2D eigenvalue weighted by Gasteiger charge is 2.16. The normalized spacial score (nSPS) is 12.0. The van der Waals surface area contributed by atoms with Crippen molar-refractivity contribution in [2.75, 3.05) is 30.6 Å². The first-order valence-electron chi connectivity index (χ1n) is 11.7. The van der Waals surface area contributed by atoms with Crippen LogP contribution in [0.1, 0.15) is 5.56 Å². The zero-order chi connectivity index (χ0) is 24.2. The van der Waals surface area contributed by atoms with Crippen LogP contribution >= 0.6 is 0 Å². The van der Waals surface area contributed by atoms with Gasteiger partial charge in [0, 0.05) is 12.2 Å². The summed E-state index contributed by atoms with van der Waals surface area (Å²) in [6.45, 7) is 1.81. The summed E-state index contributed by atoms with van der Waals surface area (Å²) >= 11 is 0. The van der Waals surface area contributed by atoms with Crippen LogP contribution in [0.4, 0.5) is 11.8 Å². The zero-order valence-electron chi connectivity index (χ0n) is 19.4. The minimum absolute atomic E-state index is 0.248. The number of para-hydroxylation sites is 2. The Labute approximate surface area is 207 Å². The molecule has 0 fully saturated rings. The van der Waals surface area contributed by atoms with Gasteiger partial charge in [0.1, 0.15) is 18.7 Å². The summed E-state index contributed by atoms with van der Waals surface area (Å²) in [5.41, 5.74) is 3.40. The molecule has 0 amide bonds. The second-order valence-electron chi connectivity index (χ2n) is 8.15. The summed E-state index contributed by atoms with van der Waals surface area (Å²) in [6.07, 6.45) is 1.77. The first-order chi connectivity index (χ1) is 17.8. The van der Waals surface area contributed by atoms with Gasteiger partial charge in [-0.15, -0.1) is 0 Å². The lowest BCUT2D eigenvalue weighted by molar-refractivity contribution is 0.174. The highest BCUT2D eigenvalue weighted by Crippen LogP contribution is 2.32. The predicted octanol–water partition coefficient (Wildman–Crippen LogP) is 4.65. The van der Waals surface area contributed by atoms with E-state index in [0.29, 0.717) is 42.6 Å². The van der Waals surface area contributed by atoms with Gasteiger partial charge >= 0.3 is 0 Å². The molecule has 2 N–H and O–H groups in total. The van der Waals surface area contributed by atoms with Crippen LogP contribution < -0.4 is 24.8 Å². The molecule has 0 saturated heterocycles. The van der Waals surface area contributed by atoms with Gasteiger partial charge in [0.15, 0.2) is 28.5 Å². The molecule has 9 heteroatoms. The number of rotatable bonds is 9. The molecule has 0 aliphatic carbocycles. The maximum Gasteiger partial charge on any atom is 0.231 e. The summed E-state index contributed by atoms with van der Waals surface area (Å²) in [5, 5.41) is 6.71. The molecule has 1 aliphatic rings. The Morgan fingerprint density at radius 1 is 0.861 bits per heavy atom. The van der Waals surface area contributed by atoms with Crippen LogP contribution in [0.2, 0.25) is 0 Å². The maximum atomic E-state index is 5.82. The van der Waals surface area contributed by atoms with Crippen molar-refractivity contribution in [1.29, 1.82) is 0 Å². The van der Waals surface area contributed by atoms with E-state index in [1.165, 1.54) is 0 Å². The summed E-state index contributed by atoms with van der Waals surface area (Å²) in [6, 6.07) is 25.6. The zero-order valence-corrected chi connectivity index (χ0v) is 19.4. The lowest BCUT2D eigenvalue weighted by Gasteiger charge is -2.12. The first-order valence-corrected chi connectivity index (χ1v) is 11.7. The van der Waals surface area contributed by atoms with Gasteiger partial charge in [-0.3, -0.25) is 4.57 Å². The molecule has 9 nitrogen and oxygen atoms in total. The molecule has 0 unspecified atom stereocenters. The summed E-state index contributed by atoms with van der Waals surface area (Å²) in [7, 11) is 0. The Hall–Kier alpha value is -4.79. The molecule has 0 atom stereocenters. The largest absolute Gasteiger partial charge is 0.492 e. The Balaban J connectivity index is 1.25. The summed E-state index contributed by atoms with van der Waals surface area (Å²) < 4.78 is 18.7. The molecule has 0 bridgehead atoms. The molecular weight excluding hydrogens is 456 g/mol. The van der Waals surface area contributed by atoms with E-state index in [4.69, 9.17) is 24.2 Å². The number of nitrogens with one attached hydrogen (secondary N) is 2. The van der Waals surface area contributed by atoms with E-state index in [0.717, 1.165) is 28.5 Å². The number of fused-ring (bicyclic) bond motifs is 2. The van der Waals surface area contributed by atoms with Gasteiger partial charge < -0.3 is 24.8 Å². The molecule has 5 aromatic rings. The number of anilines is 2. The van der Waals surface area contributed by atoms with Gasteiger partial charge in [-0.1, -0.05) is 42.5 Å². The fraction of sp³-hybridized carbons (Fsp3) is 0.148. The van der Waals surface area contributed by atoms with Gasteiger partial charge in [-0.2, -0.15) is 9.97 Å². The van der Waals surface area contributed by atoms with Crippen LogP contribution in [0.3, 0.4) is 0 Å². The molecule has 1 aliphatic heterocycles. The van der Waals surface area contributed by atoms with Crippen molar-refractivity contribution < 1.29 is 14.2 Å².